The summed E-state index contributed by atoms with van der Waals surface area (Å²) in [6.45, 7) is 5.54. The van der Waals surface area contributed by atoms with Crippen LogP contribution in [0.1, 0.15) is 38.7 Å². The van der Waals surface area contributed by atoms with Crippen LogP contribution < -0.4 is 4.74 Å². The molecule has 0 spiro atoms. The minimum absolute atomic E-state index is 0.00453. The monoisotopic (exact) mass is 394 g/mol. The highest BCUT2D eigenvalue weighted by Crippen LogP contribution is 2.35. The fourth-order valence-corrected chi connectivity index (χ4v) is 3.84. The van der Waals surface area contributed by atoms with Crippen molar-refractivity contribution in [3.05, 3.63) is 65.1 Å². The number of amidine groups is 1. The van der Waals surface area contributed by atoms with Crippen molar-refractivity contribution in [2.75, 3.05) is 13.2 Å². The van der Waals surface area contributed by atoms with E-state index in [0.717, 1.165) is 41.4 Å². The Morgan fingerprint density at radius 1 is 1.04 bits per heavy atom. The van der Waals surface area contributed by atoms with Crippen molar-refractivity contribution in [2.24, 2.45) is 4.99 Å². The molecule has 0 aliphatic carbocycles. The SMILES string of the molecule is CCCCOc1ccccc1/C=C1/SC(=Nc2ccccc2)N(CCC)C1=O. The van der Waals surface area contributed by atoms with E-state index in [1.165, 1.54) is 11.8 Å². The molecule has 0 atom stereocenters. The van der Waals surface area contributed by atoms with Gasteiger partial charge in [0.05, 0.1) is 17.2 Å². The summed E-state index contributed by atoms with van der Waals surface area (Å²) in [7, 11) is 0. The van der Waals surface area contributed by atoms with Gasteiger partial charge >= 0.3 is 0 Å². The van der Waals surface area contributed by atoms with E-state index in [-0.39, 0.29) is 5.91 Å². The number of thioether (sulfide) groups is 1. The van der Waals surface area contributed by atoms with E-state index < -0.39 is 0 Å². The lowest BCUT2D eigenvalue weighted by Crippen LogP contribution is -2.29. The molecule has 1 fully saturated rings. The van der Waals surface area contributed by atoms with Gasteiger partial charge in [-0.3, -0.25) is 9.69 Å². The highest BCUT2D eigenvalue weighted by Gasteiger charge is 2.32. The maximum atomic E-state index is 13.0. The lowest BCUT2D eigenvalue weighted by Gasteiger charge is -2.14. The van der Waals surface area contributed by atoms with E-state index in [9.17, 15) is 4.79 Å². The van der Waals surface area contributed by atoms with Gasteiger partial charge in [-0.2, -0.15) is 0 Å². The molecular weight excluding hydrogens is 368 g/mol. The number of ether oxygens (including phenoxy) is 1. The molecule has 0 N–H and O–H groups in total. The van der Waals surface area contributed by atoms with Crippen molar-refractivity contribution in [1.29, 1.82) is 0 Å². The molecule has 0 unspecified atom stereocenters. The summed E-state index contributed by atoms with van der Waals surface area (Å²) in [6.07, 6.45) is 4.90. The zero-order valence-electron chi connectivity index (χ0n) is 16.4. The molecule has 146 valence electrons. The Morgan fingerprint density at radius 2 is 1.79 bits per heavy atom. The molecule has 1 saturated heterocycles. The van der Waals surface area contributed by atoms with Gasteiger partial charge in [0.2, 0.25) is 0 Å². The Hall–Kier alpha value is -2.53. The van der Waals surface area contributed by atoms with Crippen LogP contribution in [0.3, 0.4) is 0 Å². The molecule has 5 heteroatoms. The largest absolute Gasteiger partial charge is 0.493 e. The van der Waals surface area contributed by atoms with Crippen LogP contribution >= 0.6 is 11.8 Å². The normalized spacial score (nSPS) is 16.9. The maximum absolute atomic E-state index is 13.0. The zero-order chi connectivity index (χ0) is 19.8. The van der Waals surface area contributed by atoms with Crippen LogP contribution in [0.4, 0.5) is 5.69 Å². The van der Waals surface area contributed by atoms with E-state index >= 15 is 0 Å². The number of hydrogen-bond acceptors (Lipinski definition) is 4. The van der Waals surface area contributed by atoms with Crippen molar-refractivity contribution in [3.63, 3.8) is 0 Å². The minimum Gasteiger partial charge on any atom is -0.493 e. The molecule has 1 aliphatic heterocycles. The molecule has 1 aliphatic rings. The van der Waals surface area contributed by atoms with Crippen LogP contribution in [-0.4, -0.2) is 29.1 Å². The van der Waals surface area contributed by atoms with Crippen LogP contribution in [0, 0.1) is 0 Å². The lowest BCUT2D eigenvalue weighted by molar-refractivity contribution is -0.122. The minimum atomic E-state index is 0.00453. The molecule has 0 saturated carbocycles. The smallest absolute Gasteiger partial charge is 0.266 e. The van der Waals surface area contributed by atoms with Crippen LogP contribution in [0.15, 0.2) is 64.5 Å². The number of nitrogens with zero attached hydrogens (tertiary/aromatic N) is 2. The van der Waals surface area contributed by atoms with Gasteiger partial charge in [-0.05, 0) is 48.9 Å². The third kappa shape index (κ3) is 5.04. The summed E-state index contributed by atoms with van der Waals surface area (Å²) in [5, 5.41) is 0.730. The summed E-state index contributed by atoms with van der Waals surface area (Å²) in [4.78, 5) is 20.1. The summed E-state index contributed by atoms with van der Waals surface area (Å²) in [6, 6.07) is 17.6. The fraction of sp³-hybridized carbons (Fsp3) is 0.304. The second-order valence-electron chi connectivity index (χ2n) is 6.54. The van der Waals surface area contributed by atoms with Crippen molar-refractivity contribution in [1.82, 2.24) is 4.90 Å². The summed E-state index contributed by atoms with van der Waals surface area (Å²) >= 11 is 1.43. The molecule has 28 heavy (non-hydrogen) atoms. The summed E-state index contributed by atoms with van der Waals surface area (Å²) in [5.74, 6) is 0.817. The van der Waals surface area contributed by atoms with Gasteiger partial charge in [0.1, 0.15) is 5.75 Å². The number of carbonyl (C=O) groups is 1. The van der Waals surface area contributed by atoms with E-state index in [4.69, 9.17) is 9.73 Å². The van der Waals surface area contributed by atoms with Gasteiger partial charge in [0.25, 0.3) is 5.91 Å². The highest BCUT2D eigenvalue weighted by atomic mass is 32.2. The first-order chi connectivity index (χ1) is 13.7. The summed E-state index contributed by atoms with van der Waals surface area (Å²) < 4.78 is 5.91. The molecule has 3 rings (SSSR count). The highest BCUT2D eigenvalue weighted by molar-refractivity contribution is 8.18. The Kier molecular flexibility index (Phi) is 7.31. The predicted molar refractivity (Wildman–Crippen MR) is 118 cm³/mol. The van der Waals surface area contributed by atoms with E-state index in [2.05, 4.69) is 13.8 Å². The van der Waals surface area contributed by atoms with Crippen molar-refractivity contribution < 1.29 is 9.53 Å². The second-order valence-corrected chi connectivity index (χ2v) is 7.55. The molecule has 1 heterocycles. The number of para-hydroxylation sites is 2. The number of carbonyl (C=O) groups excluding carboxylic acids is 1. The standard InChI is InChI=1S/C23H26N2O2S/c1-3-5-16-27-20-14-10-9-11-18(20)17-21-22(26)25(15-4-2)23(28-21)24-19-12-7-6-8-13-19/h6-14,17H,3-5,15-16H2,1-2H3/b21-17+,24-23?. The van der Waals surface area contributed by atoms with E-state index in [0.29, 0.717) is 18.1 Å². The Bertz CT molecular complexity index is 862. The number of unbranched alkanes of at least 4 members (excludes halogenated alkanes) is 1. The van der Waals surface area contributed by atoms with Gasteiger partial charge in [0.15, 0.2) is 5.17 Å². The predicted octanol–water partition coefficient (Wildman–Crippen LogP) is 5.88. The first-order valence-corrected chi connectivity index (χ1v) is 10.6. The molecule has 4 nitrogen and oxygen atoms in total. The average Bonchev–Trinajstić information content (AvgIpc) is 2.99. The molecule has 2 aromatic rings. The van der Waals surface area contributed by atoms with Crippen LogP contribution in [0.2, 0.25) is 0 Å². The molecule has 1 amide bonds. The number of benzene rings is 2. The molecule has 0 bridgehead atoms. The van der Waals surface area contributed by atoms with E-state index in [1.807, 2.05) is 60.7 Å². The van der Waals surface area contributed by atoms with Crippen molar-refractivity contribution >= 4 is 34.6 Å². The number of amides is 1. The molecule has 2 aromatic carbocycles. The Balaban J connectivity index is 1.88. The van der Waals surface area contributed by atoms with Gasteiger partial charge in [-0.1, -0.05) is 56.7 Å². The topological polar surface area (TPSA) is 41.9 Å². The summed E-state index contributed by atoms with van der Waals surface area (Å²) in [5.41, 5.74) is 1.77. The zero-order valence-corrected chi connectivity index (χ0v) is 17.2. The quantitative estimate of drug-likeness (QED) is 0.415. The Morgan fingerprint density at radius 3 is 2.54 bits per heavy atom. The van der Waals surface area contributed by atoms with Gasteiger partial charge in [-0.15, -0.1) is 0 Å². The van der Waals surface area contributed by atoms with Crippen LogP contribution in [0.25, 0.3) is 6.08 Å². The fourth-order valence-electron chi connectivity index (χ4n) is 2.82. The van der Waals surface area contributed by atoms with Crippen molar-refractivity contribution in [3.8, 4) is 5.75 Å². The third-order valence-corrected chi connectivity index (χ3v) is 5.28. The molecule has 0 aromatic heterocycles. The van der Waals surface area contributed by atoms with Crippen LogP contribution in [0.5, 0.6) is 5.75 Å². The van der Waals surface area contributed by atoms with Gasteiger partial charge in [-0.25, -0.2) is 4.99 Å². The first-order valence-electron chi connectivity index (χ1n) is 9.80. The first kappa shape index (κ1) is 20.2. The third-order valence-electron chi connectivity index (χ3n) is 4.28. The number of aliphatic imine (C=N–C) groups is 1. The molecular formula is C23H26N2O2S. The average molecular weight is 395 g/mol. The second kappa shape index (κ2) is 10.1. The van der Waals surface area contributed by atoms with E-state index in [1.54, 1.807) is 4.90 Å². The number of rotatable bonds is 8. The lowest BCUT2D eigenvalue weighted by atomic mass is 10.2. The van der Waals surface area contributed by atoms with Crippen LogP contribution in [-0.2, 0) is 4.79 Å². The number of hydrogen-bond donors (Lipinski definition) is 0. The van der Waals surface area contributed by atoms with Crippen molar-refractivity contribution in [2.45, 2.75) is 33.1 Å². The van der Waals surface area contributed by atoms with Gasteiger partial charge < -0.3 is 4.74 Å². The maximum Gasteiger partial charge on any atom is 0.266 e. The van der Waals surface area contributed by atoms with Gasteiger partial charge in [0, 0.05) is 12.1 Å². The Labute approximate surface area is 171 Å². The molecule has 0 radical (unpaired) electrons.